The van der Waals surface area contributed by atoms with Gasteiger partial charge in [0.25, 0.3) is 0 Å². The summed E-state index contributed by atoms with van der Waals surface area (Å²) in [7, 11) is 2.84. The molecule has 4 rings (SSSR count). The van der Waals surface area contributed by atoms with Crippen LogP contribution < -0.4 is 14.2 Å². The Morgan fingerprint density at radius 1 is 0.973 bits per heavy atom. The third-order valence-electron chi connectivity index (χ3n) is 6.92. The van der Waals surface area contributed by atoms with Crippen LogP contribution in [-0.2, 0) is 20.7 Å². The number of aromatic hydroxyl groups is 1. The van der Waals surface area contributed by atoms with Crippen LogP contribution in [0.25, 0.3) is 0 Å². The molecule has 0 bridgehead atoms. The summed E-state index contributed by atoms with van der Waals surface area (Å²) in [5, 5.41) is 51.2. The van der Waals surface area contributed by atoms with Crippen molar-refractivity contribution in [2.24, 2.45) is 11.8 Å². The molecule has 5 N–H and O–H groups in total. The van der Waals surface area contributed by atoms with Crippen LogP contribution in [-0.4, -0.2) is 83.0 Å². The number of methoxy groups -OCH3 is 2. The molecule has 11 nitrogen and oxygen atoms in total. The number of ether oxygens (including phenoxy) is 5. The van der Waals surface area contributed by atoms with Gasteiger partial charge in [0, 0.05) is 5.92 Å². The molecule has 2 heterocycles. The van der Waals surface area contributed by atoms with E-state index in [0.717, 1.165) is 5.56 Å². The van der Waals surface area contributed by atoms with Crippen molar-refractivity contribution in [3.63, 3.8) is 0 Å². The molecule has 2 aliphatic rings. The molecule has 0 aliphatic carbocycles. The minimum absolute atomic E-state index is 0.0162. The van der Waals surface area contributed by atoms with Crippen LogP contribution in [0.5, 0.6) is 23.0 Å². The van der Waals surface area contributed by atoms with E-state index in [1.165, 1.54) is 26.4 Å². The average Bonchev–Trinajstić information content (AvgIpc) is 3.26. The van der Waals surface area contributed by atoms with Crippen LogP contribution in [0.1, 0.15) is 24.2 Å². The highest BCUT2D eigenvalue weighted by molar-refractivity contribution is 5.75. The number of phenols is 1. The van der Waals surface area contributed by atoms with Crippen molar-refractivity contribution in [3.05, 3.63) is 47.5 Å². The SMILES string of the molecule is COc1cc(C[C@H]2C(=O)OC[C@@H]2[C@@H](O)c2ccc(O[C@@H]3O[C@@H](C)[C@H](O)[C@@H](O)[C@H]3O)c(OC)c2)ccc1O. The lowest BCUT2D eigenvalue weighted by Gasteiger charge is -2.39. The summed E-state index contributed by atoms with van der Waals surface area (Å²) in [5.74, 6) is -0.935. The molecule has 202 valence electrons. The highest BCUT2D eigenvalue weighted by atomic mass is 16.7. The molecule has 0 amide bonds. The minimum atomic E-state index is -1.50. The predicted molar refractivity (Wildman–Crippen MR) is 127 cm³/mol. The number of cyclic esters (lactones) is 1. The van der Waals surface area contributed by atoms with Crippen LogP contribution in [0.2, 0.25) is 0 Å². The summed E-state index contributed by atoms with van der Waals surface area (Å²) in [6.07, 6.45) is -7.05. The number of hydrogen-bond donors (Lipinski definition) is 5. The molecule has 0 radical (unpaired) electrons. The second-order valence-corrected chi connectivity index (χ2v) is 9.27. The van der Waals surface area contributed by atoms with Gasteiger partial charge in [-0.3, -0.25) is 4.79 Å². The molecule has 0 saturated carbocycles. The first-order valence-corrected chi connectivity index (χ1v) is 11.9. The van der Waals surface area contributed by atoms with Crippen molar-refractivity contribution in [3.8, 4) is 23.0 Å². The zero-order valence-electron chi connectivity index (χ0n) is 20.7. The zero-order valence-corrected chi connectivity index (χ0v) is 20.7. The largest absolute Gasteiger partial charge is 0.504 e. The van der Waals surface area contributed by atoms with Crippen LogP contribution >= 0.6 is 0 Å². The smallest absolute Gasteiger partial charge is 0.309 e. The van der Waals surface area contributed by atoms with Gasteiger partial charge in [-0.2, -0.15) is 0 Å². The lowest BCUT2D eigenvalue weighted by Crippen LogP contribution is -2.58. The van der Waals surface area contributed by atoms with Crippen molar-refractivity contribution < 1.29 is 54.0 Å². The van der Waals surface area contributed by atoms with Gasteiger partial charge in [-0.1, -0.05) is 12.1 Å². The topological polar surface area (TPSA) is 164 Å². The van der Waals surface area contributed by atoms with E-state index in [9.17, 15) is 30.3 Å². The monoisotopic (exact) mass is 520 g/mol. The van der Waals surface area contributed by atoms with E-state index >= 15 is 0 Å². The lowest BCUT2D eigenvalue weighted by atomic mass is 9.83. The molecule has 2 aliphatic heterocycles. The quantitative estimate of drug-likeness (QED) is 0.311. The standard InChI is InChI=1S/C26H32O11/c1-12-21(28)23(30)24(31)26(36-12)37-18-7-5-14(10-20(18)34-3)22(29)16-11-35-25(32)15(16)8-13-4-6-17(27)19(9-13)33-2/h4-7,9-10,12,15-16,21-24,26-31H,8,11H2,1-3H3/t12-,15+,16-,21-,22-,23+,24+,26-/m0/s1. The van der Waals surface area contributed by atoms with E-state index in [2.05, 4.69) is 0 Å². The van der Waals surface area contributed by atoms with Gasteiger partial charge in [-0.25, -0.2) is 0 Å². The lowest BCUT2D eigenvalue weighted by molar-refractivity contribution is -0.268. The van der Waals surface area contributed by atoms with E-state index < -0.39 is 54.6 Å². The zero-order chi connectivity index (χ0) is 26.9. The molecule has 0 aromatic heterocycles. The first-order chi connectivity index (χ1) is 17.6. The maximum atomic E-state index is 12.5. The Kier molecular flexibility index (Phi) is 8.10. The Bertz CT molecular complexity index is 1110. The van der Waals surface area contributed by atoms with E-state index in [4.69, 9.17) is 23.7 Å². The third kappa shape index (κ3) is 5.46. The predicted octanol–water partition coefficient (Wildman–Crippen LogP) is 0.681. The Morgan fingerprint density at radius 3 is 2.41 bits per heavy atom. The van der Waals surface area contributed by atoms with Gasteiger partial charge in [0.1, 0.15) is 18.3 Å². The van der Waals surface area contributed by atoms with Gasteiger partial charge in [0.15, 0.2) is 23.0 Å². The van der Waals surface area contributed by atoms with Crippen LogP contribution in [0, 0.1) is 11.8 Å². The van der Waals surface area contributed by atoms with Gasteiger partial charge < -0.3 is 49.2 Å². The second kappa shape index (κ2) is 11.1. The van der Waals surface area contributed by atoms with Gasteiger partial charge in [-0.15, -0.1) is 0 Å². The maximum absolute atomic E-state index is 12.5. The Balaban J connectivity index is 1.51. The van der Waals surface area contributed by atoms with Crippen molar-refractivity contribution in [2.45, 2.75) is 50.2 Å². The van der Waals surface area contributed by atoms with Gasteiger partial charge in [0.2, 0.25) is 6.29 Å². The molecule has 0 unspecified atom stereocenters. The summed E-state index contributed by atoms with van der Waals surface area (Å²) in [6.45, 7) is 1.57. The van der Waals surface area contributed by atoms with Crippen molar-refractivity contribution >= 4 is 5.97 Å². The molecule has 8 atom stereocenters. The van der Waals surface area contributed by atoms with E-state index in [1.54, 1.807) is 31.2 Å². The first-order valence-electron chi connectivity index (χ1n) is 11.9. The van der Waals surface area contributed by atoms with E-state index in [-0.39, 0.29) is 36.0 Å². The van der Waals surface area contributed by atoms with E-state index in [1.807, 2.05) is 0 Å². The number of rotatable bonds is 8. The molecule has 11 heteroatoms. The Morgan fingerprint density at radius 2 is 1.70 bits per heavy atom. The normalized spacial score (nSPS) is 30.5. The second-order valence-electron chi connectivity index (χ2n) is 9.27. The molecule has 2 saturated heterocycles. The molecule has 2 fully saturated rings. The number of benzene rings is 2. The molecule has 2 aromatic rings. The Hall–Kier alpha value is -3.09. The van der Waals surface area contributed by atoms with Gasteiger partial charge in [-0.05, 0) is 48.7 Å². The molecular formula is C26H32O11. The average molecular weight is 521 g/mol. The fourth-order valence-corrected chi connectivity index (χ4v) is 4.67. The minimum Gasteiger partial charge on any atom is -0.504 e. The highest BCUT2D eigenvalue weighted by Crippen LogP contribution is 2.40. The van der Waals surface area contributed by atoms with Crippen molar-refractivity contribution in [1.82, 2.24) is 0 Å². The summed E-state index contributed by atoms with van der Waals surface area (Å²) in [4.78, 5) is 12.5. The molecule has 0 spiro atoms. The summed E-state index contributed by atoms with van der Waals surface area (Å²) >= 11 is 0. The third-order valence-corrected chi connectivity index (χ3v) is 6.92. The maximum Gasteiger partial charge on any atom is 0.309 e. The van der Waals surface area contributed by atoms with Crippen LogP contribution in [0.4, 0.5) is 0 Å². The molecule has 37 heavy (non-hydrogen) atoms. The van der Waals surface area contributed by atoms with E-state index in [0.29, 0.717) is 5.56 Å². The van der Waals surface area contributed by atoms with Crippen molar-refractivity contribution in [2.75, 3.05) is 20.8 Å². The number of carbonyl (C=O) groups is 1. The van der Waals surface area contributed by atoms with Crippen molar-refractivity contribution in [1.29, 1.82) is 0 Å². The summed E-state index contributed by atoms with van der Waals surface area (Å²) in [5.41, 5.74) is 1.19. The fraction of sp³-hybridized carbons (Fsp3) is 0.500. The van der Waals surface area contributed by atoms with Gasteiger partial charge in [0.05, 0.1) is 39.0 Å². The summed E-state index contributed by atoms with van der Waals surface area (Å²) < 4.78 is 27.0. The molecular weight excluding hydrogens is 488 g/mol. The summed E-state index contributed by atoms with van der Waals surface area (Å²) in [6, 6.07) is 9.46. The van der Waals surface area contributed by atoms with Crippen LogP contribution in [0.3, 0.4) is 0 Å². The molecule has 2 aromatic carbocycles. The number of phenolic OH excluding ortho intramolecular Hbond substituents is 1. The first kappa shape index (κ1) is 27.0. The number of esters is 1. The highest BCUT2D eigenvalue weighted by Gasteiger charge is 2.44. The van der Waals surface area contributed by atoms with Crippen LogP contribution in [0.15, 0.2) is 36.4 Å². The number of hydrogen-bond acceptors (Lipinski definition) is 11. The van der Waals surface area contributed by atoms with Gasteiger partial charge >= 0.3 is 5.97 Å². The number of aliphatic hydroxyl groups is 4. The Labute approximate surface area is 213 Å². The fourth-order valence-electron chi connectivity index (χ4n) is 4.67. The number of aliphatic hydroxyl groups excluding tert-OH is 4. The number of carbonyl (C=O) groups excluding carboxylic acids is 1.